The van der Waals surface area contributed by atoms with E-state index >= 15 is 0 Å². The van der Waals surface area contributed by atoms with Crippen LogP contribution in [0.15, 0.2) is 78.9 Å². The second-order valence-corrected chi connectivity index (χ2v) is 12.4. The van der Waals surface area contributed by atoms with Gasteiger partial charge in [-0.15, -0.1) is 0 Å². The van der Waals surface area contributed by atoms with Crippen molar-refractivity contribution in [3.05, 3.63) is 90.0 Å². The number of sulfonamides is 1. The van der Waals surface area contributed by atoms with Crippen LogP contribution in [0.5, 0.6) is 11.5 Å². The highest BCUT2D eigenvalue weighted by Crippen LogP contribution is 2.34. The summed E-state index contributed by atoms with van der Waals surface area (Å²) in [5.74, 6) is -0.0396. The van der Waals surface area contributed by atoms with Crippen molar-refractivity contribution < 1.29 is 27.5 Å². The van der Waals surface area contributed by atoms with Gasteiger partial charge >= 0.3 is 0 Å². The number of benzene rings is 3. The summed E-state index contributed by atoms with van der Waals surface area (Å²) in [5.41, 5.74) is 1.92. The quantitative estimate of drug-likeness (QED) is 0.319. The standard InChI is InChI=1S/C32H39N3O6S/c1-40-27-18-19-28(30(21-27)41-2)35(42(3,38)39)23-31(36)34(22-25-14-8-5-9-15-25)29(20-24-12-6-4-7-13-24)32(37)33-26-16-10-11-17-26/h4-9,12-15,18-19,21,26,29H,10-11,16-17,20,22-23H2,1-3H3,(H,33,37)/t29-/m0/s1. The summed E-state index contributed by atoms with van der Waals surface area (Å²) in [6.07, 6.45) is 5.22. The van der Waals surface area contributed by atoms with Crippen LogP contribution in [0.4, 0.5) is 5.69 Å². The van der Waals surface area contributed by atoms with Gasteiger partial charge in [-0.1, -0.05) is 73.5 Å². The fourth-order valence-electron chi connectivity index (χ4n) is 5.29. The maximum Gasteiger partial charge on any atom is 0.244 e. The highest BCUT2D eigenvalue weighted by Gasteiger charge is 2.34. The van der Waals surface area contributed by atoms with Gasteiger partial charge < -0.3 is 19.7 Å². The van der Waals surface area contributed by atoms with E-state index in [1.807, 2.05) is 60.7 Å². The molecule has 0 heterocycles. The summed E-state index contributed by atoms with van der Waals surface area (Å²) in [6.45, 7) is -0.386. The van der Waals surface area contributed by atoms with Gasteiger partial charge in [0.1, 0.15) is 24.1 Å². The van der Waals surface area contributed by atoms with E-state index in [1.165, 1.54) is 19.1 Å². The van der Waals surface area contributed by atoms with Crippen molar-refractivity contribution in [2.75, 3.05) is 31.3 Å². The molecule has 0 unspecified atom stereocenters. The Hall–Kier alpha value is -4.05. The van der Waals surface area contributed by atoms with E-state index in [0.29, 0.717) is 5.75 Å². The number of rotatable bonds is 13. The lowest BCUT2D eigenvalue weighted by Crippen LogP contribution is -2.54. The molecule has 224 valence electrons. The van der Waals surface area contributed by atoms with E-state index < -0.39 is 28.5 Å². The molecule has 0 radical (unpaired) electrons. The second kappa shape index (κ2) is 14.2. The zero-order valence-electron chi connectivity index (χ0n) is 24.4. The molecule has 1 atom stereocenters. The first-order chi connectivity index (χ1) is 20.2. The Morgan fingerprint density at radius 2 is 1.52 bits per heavy atom. The summed E-state index contributed by atoms with van der Waals surface area (Å²) in [6, 6.07) is 22.8. The van der Waals surface area contributed by atoms with Gasteiger partial charge in [0.15, 0.2) is 0 Å². The van der Waals surface area contributed by atoms with Crippen LogP contribution >= 0.6 is 0 Å². The first-order valence-electron chi connectivity index (χ1n) is 14.1. The SMILES string of the molecule is COc1ccc(N(CC(=O)N(Cc2ccccc2)[C@@H](Cc2ccccc2)C(=O)NC2CCCC2)S(C)(=O)=O)c(OC)c1. The molecule has 9 nitrogen and oxygen atoms in total. The lowest BCUT2D eigenvalue weighted by Gasteiger charge is -2.34. The number of hydrogen-bond acceptors (Lipinski definition) is 6. The van der Waals surface area contributed by atoms with Crippen LogP contribution in [-0.4, -0.2) is 64.2 Å². The van der Waals surface area contributed by atoms with Crippen molar-refractivity contribution in [1.29, 1.82) is 0 Å². The van der Waals surface area contributed by atoms with Gasteiger partial charge in [0.05, 0.1) is 26.2 Å². The monoisotopic (exact) mass is 593 g/mol. The topological polar surface area (TPSA) is 105 Å². The molecule has 1 fully saturated rings. The number of carbonyl (C=O) groups is 2. The molecule has 1 N–H and O–H groups in total. The van der Waals surface area contributed by atoms with E-state index in [2.05, 4.69) is 5.32 Å². The molecular weight excluding hydrogens is 554 g/mol. The van der Waals surface area contributed by atoms with Gasteiger partial charge in [-0.3, -0.25) is 13.9 Å². The Labute approximate surface area is 248 Å². The fourth-order valence-corrected chi connectivity index (χ4v) is 6.14. The van der Waals surface area contributed by atoms with Crippen LogP contribution in [0.3, 0.4) is 0 Å². The van der Waals surface area contributed by atoms with E-state index in [-0.39, 0.29) is 36.4 Å². The maximum atomic E-state index is 14.2. The van der Waals surface area contributed by atoms with E-state index in [0.717, 1.165) is 47.4 Å². The van der Waals surface area contributed by atoms with E-state index in [9.17, 15) is 18.0 Å². The first-order valence-corrected chi connectivity index (χ1v) is 15.9. The summed E-state index contributed by atoms with van der Waals surface area (Å²) in [4.78, 5) is 29.6. The summed E-state index contributed by atoms with van der Waals surface area (Å²) in [5, 5.41) is 3.17. The molecule has 2 amide bonds. The lowest BCUT2D eigenvalue weighted by molar-refractivity contribution is -0.140. The highest BCUT2D eigenvalue weighted by atomic mass is 32.2. The number of ether oxygens (including phenoxy) is 2. The van der Waals surface area contributed by atoms with Crippen LogP contribution in [0.25, 0.3) is 0 Å². The third-order valence-electron chi connectivity index (χ3n) is 7.50. The predicted octanol–water partition coefficient (Wildman–Crippen LogP) is 4.17. The van der Waals surface area contributed by atoms with Gasteiger partial charge in [-0.25, -0.2) is 8.42 Å². The van der Waals surface area contributed by atoms with Gasteiger partial charge in [-0.05, 0) is 36.1 Å². The molecule has 10 heteroatoms. The summed E-state index contributed by atoms with van der Waals surface area (Å²) < 4.78 is 37.9. The molecule has 0 aromatic heterocycles. The van der Waals surface area contributed by atoms with Crippen LogP contribution in [0, 0.1) is 0 Å². The molecule has 0 saturated heterocycles. The zero-order valence-corrected chi connectivity index (χ0v) is 25.2. The Bertz CT molecular complexity index is 1440. The van der Waals surface area contributed by atoms with Crippen LogP contribution in [0.2, 0.25) is 0 Å². The molecule has 1 aliphatic carbocycles. The smallest absolute Gasteiger partial charge is 0.244 e. The maximum absolute atomic E-state index is 14.2. The van der Waals surface area contributed by atoms with E-state index in [1.54, 1.807) is 18.2 Å². The van der Waals surface area contributed by atoms with Crippen molar-refractivity contribution in [2.45, 2.75) is 50.7 Å². The molecule has 3 aromatic rings. The third kappa shape index (κ3) is 8.03. The minimum absolute atomic E-state index is 0.0560. The Morgan fingerprint density at radius 3 is 2.10 bits per heavy atom. The average molecular weight is 594 g/mol. The van der Waals surface area contributed by atoms with E-state index in [4.69, 9.17) is 9.47 Å². The van der Waals surface area contributed by atoms with Crippen molar-refractivity contribution in [3.63, 3.8) is 0 Å². The molecule has 0 bridgehead atoms. The van der Waals surface area contributed by atoms with Crippen molar-refractivity contribution in [2.24, 2.45) is 0 Å². The lowest BCUT2D eigenvalue weighted by atomic mass is 10.0. The molecular formula is C32H39N3O6S. The number of anilines is 1. The van der Waals surface area contributed by atoms with Crippen LogP contribution in [0.1, 0.15) is 36.8 Å². The average Bonchev–Trinajstić information content (AvgIpc) is 3.50. The van der Waals surface area contributed by atoms with Crippen molar-refractivity contribution >= 4 is 27.5 Å². The summed E-state index contributed by atoms with van der Waals surface area (Å²) in [7, 11) is -1.01. The number of hydrogen-bond donors (Lipinski definition) is 1. The number of amides is 2. The molecule has 4 rings (SSSR count). The normalized spacial score (nSPS) is 14.2. The minimum atomic E-state index is -3.93. The van der Waals surface area contributed by atoms with Gasteiger partial charge in [0.2, 0.25) is 21.8 Å². The molecule has 0 spiro atoms. The number of nitrogens with zero attached hydrogens (tertiary/aromatic N) is 2. The molecule has 42 heavy (non-hydrogen) atoms. The van der Waals surface area contributed by atoms with Crippen LogP contribution < -0.4 is 19.1 Å². The van der Waals surface area contributed by atoms with Gasteiger partial charge in [0, 0.05) is 25.1 Å². The second-order valence-electron chi connectivity index (χ2n) is 10.5. The van der Waals surface area contributed by atoms with Crippen molar-refractivity contribution in [1.82, 2.24) is 10.2 Å². The highest BCUT2D eigenvalue weighted by molar-refractivity contribution is 7.92. The molecule has 1 saturated carbocycles. The van der Waals surface area contributed by atoms with Crippen molar-refractivity contribution in [3.8, 4) is 11.5 Å². The van der Waals surface area contributed by atoms with Crippen LogP contribution in [-0.2, 0) is 32.6 Å². The van der Waals surface area contributed by atoms with Gasteiger partial charge in [0.25, 0.3) is 0 Å². The minimum Gasteiger partial charge on any atom is -0.497 e. The number of nitrogens with one attached hydrogen (secondary N) is 1. The zero-order chi connectivity index (χ0) is 30.1. The third-order valence-corrected chi connectivity index (χ3v) is 8.63. The molecule has 0 aliphatic heterocycles. The Kier molecular flexibility index (Phi) is 10.5. The predicted molar refractivity (Wildman–Crippen MR) is 163 cm³/mol. The fraction of sp³-hybridized carbons (Fsp3) is 0.375. The number of methoxy groups -OCH3 is 2. The number of carbonyl (C=O) groups excluding carboxylic acids is 2. The summed E-state index contributed by atoms with van der Waals surface area (Å²) >= 11 is 0. The Balaban J connectivity index is 1.73. The molecule has 1 aliphatic rings. The first kappa shape index (κ1) is 30.9. The molecule has 3 aromatic carbocycles. The van der Waals surface area contributed by atoms with Gasteiger partial charge in [-0.2, -0.15) is 0 Å². The largest absolute Gasteiger partial charge is 0.497 e. The Morgan fingerprint density at radius 1 is 0.905 bits per heavy atom.